The molecule has 2 N–H and O–H groups in total. The van der Waals surface area contributed by atoms with Crippen LogP contribution in [0, 0.1) is 11.8 Å². The van der Waals surface area contributed by atoms with Crippen LogP contribution in [0.1, 0.15) is 66.0 Å². The molecule has 0 radical (unpaired) electrons. The molecule has 132 valence electrons. The Morgan fingerprint density at radius 1 is 1.22 bits per heavy atom. The van der Waals surface area contributed by atoms with Crippen molar-refractivity contribution in [3.63, 3.8) is 0 Å². The molecule has 1 saturated heterocycles. The molecule has 1 aromatic rings. The average molecular weight is 322 g/mol. The molecule has 23 heavy (non-hydrogen) atoms. The van der Waals surface area contributed by atoms with Gasteiger partial charge in [-0.3, -0.25) is 4.68 Å². The Balaban J connectivity index is 1.77. The first-order valence-corrected chi connectivity index (χ1v) is 9.19. The van der Waals surface area contributed by atoms with Crippen LogP contribution in [0.25, 0.3) is 0 Å². The van der Waals surface area contributed by atoms with Crippen molar-refractivity contribution in [2.75, 3.05) is 13.1 Å². The Labute approximate surface area is 141 Å². The molecule has 1 fully saturated rings. The molecule has 0 saturated carbocycles. The molecule has 0 aliphatic carbocycles. The summed E-state index contributed by atoms with van der Waals surface area (Å²) in [6.07, 6.45) is 7.18. The van der Waals surface area contributed by atoms with E-state index in [1.807, 2.05) is 24.7 Å². The van der Waals surface area contributed by atoms with E-state index >= 15 is 0 Å². The second kappa shape index (κ2) is 7.75. The van der Waals surface area contributed by atoms with Crippen LogP contribution in [0.2, 0.25) is 0 Å². The van der Waals surface area contributed by atoms with E-state index in [0.29, 0.717) is 5.92 Å². The fraction of sp³-hybridized carbons (Fsp3) is 0.889. The summed E-state index contributed by atoms with van der Waals surface area (Å²) in [5.41, 5.74) is 6.55. The normalized spacial score (nSPS) is 19.4. The van der Waals surface area contributed by atoms with Crippen molar-refractivity contribution in [1.29, 1.82) is 0 Å². The quantitative estimate of drug-likeness (QED) is 0.838. The first kappa shape index (κ1) is 18.4. The Hall–Kier alpha value is -0.940. The molecule has 2 heterocycles. The van der Waals surface area contributed by atoms with Gasteiger partial charge < -0.3 is 10.6 Å². The fourth-order valence-electron chi connectivity index (χ4n) is 3.28. The molecule has 1 aromatic heterocycles. The molecule has 0 bridgehead atoms. The highest BCUT2D eigenvalue weighted by Crippen LogP contribution is 2.23. The van der Waals surface area contributed by atoms with Crippen molar-refractivity contribution >= 4 is 0 Å². The van der Waals surface area contributed by atoms with Crippen molar-refractivity contribution in [3.8, 4) is 0 Å². The highest BCUT2D eigenvalue weighted by atomic mass is 15.4. The average Bonchev–Trinajstić information content (AvgIpc) is 2.94. The van der Waals surface area contributed by atoms with E-state index in [9.17, 15) is 0 Å². The summed E-state index contributed by atoms with van der Waals surface area (Å²) in [6, 6.07) is 0.717. The lowest BCUT2D eigenvalue weighted by Gasteiger charge is -2.36. The zero-order chi connectivity index (χ0) is 17.0. The van der Waals surface area contributed by atoms with Crippen LogP contribution < -0.4 is 5.73 Å². The summed E-state index contributed by atoms with van der Waals surface area (Å²) in [6.45, 7) is 14.4. The highest BCUT2D eigenvalue weighted by Gasteiger charge is 2.24. The predicted molar refractivity (Wildman–Crippen MR) is 95.1 cm³/mol. The van der Waals surface area contributed by atoms with Gasteiger partial charge >= 0.3 is 0 Å². The summed E-state index contributed by atoms with van der Waals surface area (Å²) in [7, 11) is 0. The minimum absolute atomic E-state index is 0.409. The monoisotopic (exact) mass is 321 g/mol. The number of aromatic nitrogens is 3. The van der Waals surface area contributed by atoms with E-state index in [0.717, 1.165) is 24.2 Å². The maximum absolute atomic E-state index is 6.08. The third-order valence-corrected chi connectivity index (χ3v) is 5.08. The van der Waals surface area contributed by atoms with E-state index in [-0.39, 0.29) is 0 Å². The Kier molecular flexibility index (Phi) is 6.20. The van der Waals surface area contributed by atoms with Crippen LogP contribution in [0.4, 0.5) is 0 Å². The maximum Gasteiger partial charge on any atom is 0.102 e. The minimum Gasteiger partial charge on any atom is -0.320 e. The SMILES string of the molecule is CC(C)CC[C@@H](C)N1CCC(Cn2cc(C(C)(C)N)nn2)CC1. The lowest BCUT2D eigenvalue weighted by atomic mass is 9.94. The third kappa shape index (κ3) is 5.57. The number of piperidine rings is 1. The summed E-state index contributed by atoms with van der Waals surface area (Å²) >= 11 is 0. The van der Waals surface area contributed by atoms with Crippen LogP contribution in [0.3, 0.4) is 0 Å². The van der Waals surface area contributed by atoms with Crippen molar-refractivity contribution < 1.29 is 0 Å². The van der Waals surface area contributed by atoms with E-state index in [1.165, 1.54) is 38.8 Å². The van der Waals surface area contributed by atoms with Crippen molar-refractivity contribution in [1.82, 2.24) is 19.9 Å². The molecule has 2 rings (SSSR count). The Morgan fingerprint density at radius 2 is 1.87 bits per heavy atom. The molecule has 5 nitrogen and oxygen atoms in total. The molecular formula is C18H35N5. The van der Waals surface area contributed by atoms with Crippen molar-refractivity contribution in [2.45, 2.75) is 78.4 Å². The number of nitrogens with two attached hydrogens (primary N) is 1. The number of nitrogens with zero attached hydrogens (tertiary/aromatic N) is 4. The van der Waals surface area contributed by atoms with Gasteiger partial charge in [0.1, 0.15) is 5.69 Å². The number of likely N-dealkylation sites (tertiary alicyclic amines) is 1. The van der Waals surface area contributed by atoms with Gasteiger partial charge in [0.25, 0.3) is 0 Å². The predicted octanol–water partition coefficient (Wildman–Crippen LogP) is 3.01. The zero-order valence-corrected chi connectivity index (χ0v) is 15.6. The summed E-state index contributed by atoms with van der Waals surface area (Å²) in [5.74, 6) is 1.52. The van der Waals surface area contributed by atoms with Gasteiger partial charge in [-0.1, -0.05) is 19.1 Å². The topological polar surface area (TPSA) is 60.0 Å². The van der Waals surface area contributed by atoms with Crippen molar-refractivity contribution in [3.05, 3.63) is 11.9 Å². The van der Waals surface area contributed by atoms with Crippen LogP contribution in [0.5, 0.6) is 0 Å². The third-order valence-electron chi connectivity index (χ3n) is 5.08. The fourth-order valence-corrected chi connectivity index (χ4v) is 3.28. The van der Waals surface area contributed by atoms with E-state index < -0.39 is 5.54 Å². The number of hydrogen-bond donors (Lipinski definition) is 1. The molecular weight excluding hydrogens is 286 g/mol. The summed E-state index contributed by atoms with van der Waals surface area (Å²) < 4.78 is 1.98. The number of rotatable bonds is 7. The van der Waals surface area contributed by atoms with Gasteiger partial charge in [0, 0.05) is 12.6 Å². The lowest BCUT2D eigenvalue weighted by Crippen LogP contribution is -2.40. The van der Waals surface area contributed by atoms with Crippen LogP contribution in [0.15, 0.2) is 6.20 Å². The second-order valence-corrected chi connectivity index (χ2v) is 8.35. The van der Waals surface area contributed by atoms with Crippen LogP contribution in [-0.2, 0) is 12.1 Å². The van der Waals surface area contributed by atoms with Gasteiger partial charge in [0.05, 0.1) is 11.7 Å². The summed E-state index contributed by atoms with van der Waals surface area (Å²) in [5, 5.41) is 8.47. The van der Waals surface area contributed by atoms with Gasteiger partial charge in [0.15, 0.2) is 0 Å². The molecule has 1 aliphatic heterocycles. The van der Waals surface area contributed by atoms with Gasteiger partial charge in [-0.2, -0.15) is 0 Å². The van der Waals surface area contributed by atoms with E-state index in [1.54, 1.807) is 0 Å². The smallest absolute Gasteiger partial charge is 0.102 e. The molecule has 0 amide bonds. The zero-order valence-electron chi connectivity index (χ0n) is 15.6. The van der Waals surface area contributed by atoms with E-state index in [2.05, 4.69) is 36.0 Å². The van der Waals surface area contributed by atoms with Gasteiger partial charge in [0.2, 0.25) is 0 Å². The maximum atomic E-state index is 6.08. The first-order valence-electron chi connectivity index (χ1n) is 9.19. The second-order valence-electron chi connectivity index (χ2n) is 8.35. The van der Waals surface area contributed by atoms with Gasteiger partial charge in [-0.15, -0.1) is 5.10 Å². The van der Waals surface area contributed by atoms with E-state index in [4.69, 9.17) is 5.73 Å². The molecule has 0 spiro atoms. The van der Waals surface area contributed by atoms with Crippen LogP contribution in [-0.4, -0.2) is 39.0 Å². The number of hydrogen-bond acceptors (Lipinski definition) is 4. The largest absolute Gasteiger partial charge is 0.320 e. The van der Waals surface area contributed by atoms with Gasteiger partial charge in [-0.05, 0) is 71.4 Å². The van der Waals surface area contributed by atoms with Gasteiger partial charge in [-0.25, -0.2) is 0 Å². The lowest BCUT2D eigenvalue weighted by molar-refractivity contribution is 0.123. The molecule has 0 aromatic carbocycles. The molecule has 5 heteroatoms. The Bertz CT molecular complexity index is 466. The first-order chi connectivity index (χ1) is 10.8. The van der Waals surface area contributed by atoms with Crippen molar-refractivity contribution in [2.24, 2.45) is 17.6 Å². The van der Waals surface area contributed by atoms with Crippen LogP contribution >= 0.6 is 0 Å². The minimum atomic E-state index is -0.409. The molecule has 1 aliphatic rings. The standard InChI is InChI=1S/C18H35N5/c1-14(2)6-7-15(3)22-10-8-16(9-11-22)12-23-13-17(20-21-23)18(4,5)19/h13-16H,6-12,19H2,1-5H3/t15-/m1/s1. The summed E-state index contributed by atoms with van der Waals surface area (Å²) in [4.78, 5) is 2.66. The molecule has 0 unspecified atom stereocenters. The highest BCUT2D eigenvalue weighted by molar-refractivity contribution is 5.05. The Morgan fingerprint density at radius 3 is 2.39 bits per heavy atom. The molecule has 1 atom stereocenters.